The molecule has 33 heavy (non-hydrogen) atoms. The minimum atomic E-state index is -0.230. The molecule has 7 nitrogen and oxygen atoms in total. The Labute approximate surface area is 196 Å². The molecule has 0 radical (unpaired) electrons. The fraction of sp³-hybridized carbons (Fsp3) is 0.120. The highest BCUT2D eigenvalue weighted by atomic mass is 35.5. The van der Waals surface area contributed by atoms with E-state index in [-0.39, 0.29) is 17.8 Å². The van der Waals surface area contributed by atoms with Crippen molar-refractivity contribution in [1.82, 2.24) is 9.88 Å². The highest BCUT2D eigenvalue weighted by Crippen LogP contribution is 2.23. The van der Waals surface area contributed by atoms with E-state index in [0.717, 1.165) is 22.0 Å². The molecule has 4 rings (SSSR count). The van der Waals surface area contributed by atoms with Crippen molar-refractivity contribution in [2.24, 2.45) is 16.2 Å². The summed E-state index contributed by atoms with van der Waals surface area (Å²) < 4.78 is 2.07. The fourth-order valence-electron chi connectivity index (χ4n) is 3.77. The Morgan fingerprint density at radius 2 is 1.82 bits per heavy atom. The number of nitrogens with zero attached hydrogens (tertiary/aromatic N) is 3. The van der Waals surface area contributed by atoms with Gasteiger partial charge >= 0.3 is 0 Å². The Bertz CT molecular complexity index is 1330. The van der Waals surface area contributed by atoms with E-state index in [2.05, 4.69) is 20.2 Å². The molecule has 0 saturated carbocycles. The number of hydrogen-bond donors (Lipinski definition) is 3. The first-order valence-corrected chi connectivity index (χ1v) is 10.8. The lowest BCUT2D eigenvalue weighted by Gasteiger charge is -2.16. The van der Waals surface area contributed by atoms with Crippen molar-refractivity contribution in [2.75, 3.05) is 0 Å². The van der Waals surface area contributed by atoms with E-state index in [1.165, 1.54) is 0 Å². The third kappa shape index (κ3) is 4.94. The van der Waals surface area contributed by atoms with Gasteiger partial charge in [-0.3, -0.25) is 10.2 Å². The van der Waals surface area contributed by atoms with Crippen molar-refractivity contribution >= 4 is 34.2 Å². The summed E-state index contributed by atoms with van der Waals surface area (Å²) in [6.07, 6.45) is 1.99. The van der Waals surface area contributed by atoms with Gasteiger partial charge in [-0.05, 0) is 42.3 Å². The molecule has 1 heterocycles. The van der Waals surface area contributed by atoms with E-state index in [9.17, 15) is 4.79 Å². The standard InChI is InChI=1S/C25H23ClN6O/c1-16(18-7-9-20(10-8-18)24(27)30-31-28)29-25(33)22-4-2-3-19-13-14-32(23(19)22)15-17-5-11-21(26)12-6-17/h2-14,16H,15H2,1H3,(H,29,33)(H3,27,28,30). The van der Waals surface area contributed by atoms with Crippen LogP contribution in [0.1, 0.15) is 40.0 Å². The largest absolute Gasteiger partial charge is 0.345 e. The SMILES string of the molecule is CC(NC(=O)c1cccc2ccn(Cc3ccc(Cl)cc3)c12)c1ccc(C(=N)N=NN)cc1. The number of fused-ring (bicyclic) bond motifs is 1. The number of hydrogen-bond acceptors (Lipinski definition) is 3. The van der Waals surface area contributed by atoms with E-state index >= 15 is 0 Å². The lowest BCUT2D eigenvalue weighted by molar-refractivity contribution is 0.0941. The van der Waals surface area contributed by atoms with Crippen molar-refractivity contribution in [3.63, 3.8) is 0 Å². The van der Waals surface area contributed by atoms with Crippen molar-refractivity contribution in [2.45, 2.75) is 19.5 Å². The van der Waals surface area contributed by atoms with Crippen LogP contribution >= 0.6 is 11.6 Å². The maximum absolute atomic E-state index is 13.2. The van der Waals surface area contributed by atoms with Crippen LogP contribution in [0.15, 0.2) is 89.3 Å². The number of rotatable bonds is 6. The van der Waals surface area contributed by atoms with Gasteiger partial charge in [-0.2, -0.15) is 0 Å². The zero-order chi connectivity index (χ0) is 23.4. The maximum Gasteiger partial charge on any atom is 0.253 e. The van der Waals surface area contributed by atoms with Crippen LogP contribution in [0.3, 0.4) is 0 Å². The third-order valence-electron chi connectivity index (χ3n) is 5.49. The van der Waals surface area contributed by atoms with Crippen LogP contribution in [0.2, 0.25) is 5.02 Å². The molecule has 1 amide bonds. The molecule has 4 N–H and O–H groups in total. The van der Waals surface area contributed by atoms with Crippen LogP contribution in [0.4, 0.5) is 0 Å². The van der Waals surface area contributed by atoms with Crippen LogP contribution in [0.5, 0.6) is 0 Å². The average molecular weight is 459 g/mol. The first-order valence-electron chi connectivity index (χ1n) is 10.4. The smallest absolute Gasteiger partial charge is 0.253 e. The van der Waals surface area contributed by atoms with E-state index < -0.39 is 0 Å². The van der Waals surface area contributed by atoms with Crippen molar-refractivity contribution < 1.29 is 4.79 Å². The number of para-hydroxylation sites is 1. The van der Waals surface area contributed by atoms with Gasteiger partial charge in [0.1, 0.15) is 0 Å². The molecule has 3 aromatic carbocycles. The van der Waals surface area contributed by atoms with Gasteiger partial charge < -0.3 is 15.7 Å². The van der Waals surface area contributed by atoms with Gasteiger partial charge in [-0.1, -0.05) is 65.4 Å². The predicted molar refractivity (Wildman–Crippen MR) is 131 cm³/mol. The van der Waals surface area contributed by atoms with E-state index in [4.69, 9.17) is 22.9 Å². The topological polar surface area (TPSA) is 109 Å². The molecule has 1 aromatic heterocycles. The highest BCUT2D eigenvalue weighted by Gasteiger charge is 2.17. The normalized spacial score (nSPS) is 12.2. The number of carbonyl (C=O) groups excluding carboxylic acids is 1. The minimum absolute atomic E-state index is 0.0196. The van der Waals surface area contributed by atoms with Gasteiger partial charge in [-0.25, -0.2) is 0 Å². The molecule has 1 atom stereocenters. The van der Waals surface area contributed by atoms with Gasteiger partial charge in [0, 0.05) is 28.7 Å². The molecule has 0 saturated heterocycles. The number of nitrogens with two attached hydrogens (primary N) is 1. The zero-order valence-electron chi connectivity index (χ0n) is 18.0. The molecule has 1 unspecified atom stereocenters. The van der Waals surface area contributed by atoms with Gasteiger partial charge in [0.05, 0.1) is 17.1 Å². The number of amidine groups is 1. The lowest BCUT2D eigenvalue weighted by atomic mass is 10.0. The monoisotopic (exact) mass is 458 g/mol. The molecule has 8 heteroatoms. The summed E-state index contributed by atoms with van der Waals surface area (Å²) in [4.78, 5) is 13.2. The second kappa shape index (κ2) is 9.67. The molecule has 0 aliphatic heterocycles. The number of aromatic nitrogens is 1. The molecule has 0 aliphatic rings. The number of nitrogens with one attached hydrogen (secondary N) is 2. The minimum Gasteiger partial charge on any atom is -0.345 e. The summed E-state index contributed by atoms with van der Waals surface area (Å²) in [6.45, 7) is 2.55. The van der Waals surface area contributed by atoms with Crippen molar-refractivity contribution in [3.05, 3.63) is 106 Å². The molecular weight excluding hydrogens is 436 g/mol. The number of halogens is 1. The number of amides is 1. The summed E-state index contributed by atoms with van der Waals surface area (Å²) >= 11 is 6.01. The van der Waals surface area contributed by atoms with Crippen molar-refractivity contribution in [3.8, 4) is 0 Å². The Balaban J connectivity index is 1.56. The molecule has 0 bridgehead atoms. The Morgan fingerprint density at radius 1 is 1.09 bits per heavy atom. The molecule has 0 aliphatic carbocycles. The quantitative estimate of drug-likeness (QED) is 0.117. The number of carbonyl (C=O) groups is 1. The van der Waals surface area contributed by atoms with Gasteiger partial charge in [0.2, 0.25) is 0 Å². The summed E-state index contributed by atoms with van der Waals surface area (Å²) in [5, 5.41) is 19.2. The summed E-state index contributed by atoms with van der Waals surface area (Å²) in [6, 6.07) is 22.4. The van der Waals surface area contributed by atoms with Gasteiger partial charge in [-0.15, -0.1) is 5.11 Å². The summed E-state index contributed by atoms with van der Waals surface area (Å²) in [5.41, 5.74) is 4.10. The van der Waals surface area contributed by atoms with Crippen LogP contribution in [-0.4, -0.2) is 16.3 Å². The van der Waals surface area contributed by atoms with Crippen LogP contribution in [-0.2, 0) is 6.54 Å². The highest BCUT2D eigenvalue weighted by molar-refractivity contribution is 6.30. The maximum atomic E-state index is 13.2. The lowest BCUT2D eigenvalue weighted by Crippen LogP contribution is -2.27. The van der Waals surface area contributed by atoms with Crippen molar-refractivity contribution in [1.29, 1.82) is 5.41 Å². The van der Waals surface area contributed by atoms with Crippen LogP contribution < -0.4 is 11.2 Å². The molecule has 0 fully saturated rings. The fourth-order valence-corrected chi connectivity index (χ4v) is 3.89. The average Bonchev–Trinajstić information content (AvgIpc) is 3.23. The zero-order valence-corrected chi connectivity index (χ0v) is 18.8. The molecule has 0 spiro atoms. The first-order chi connectivity index (χ1) is 16.0. The Morgan fingerprint density at radius 3 is 2.52 bits per heavy atom. The first kappa shape index (κ1) is 22.2. The Kier molecular flexibility index (Phi) is 6.51. The second-order valence-corrected chi connectivity index (χ2v) is 8.13. The van der Waals surface area contributed by atoms with Crippen LogP contribution in [0, 0.1) is 5.41 Å². The van der Waals surface area contributed by atoms with Crippen LogP contribution in [0.25, 0.3) is 10.9 Å². The van der Waals surface area contributed by atoms with Gasteiger partial charge in [0.25, 0.3) is 5.91 Å². The molecule has 166 valence electrons. The Hall–Kier alpha value is -3.97. The number of benzene rings is 3. The van der Waals surface area contributed by atoms with E-state index in [1.54, 1.807) is 12.1 Å². The summed E-state index contributed by atoms with van der Waals surface area (Å²) in [7, 11) is 0. The summed E-state index contributed by atoms with van der Waals surface area (Å²) in [5.74, 6) is 4.83. The second-order valence-electron chi connectivity index (χ2n) is 7.69. The molecular formula is C25H23ClN6O. The van der Waals surface area contributed by atoms with E-state index in [0.29, 0.717) is 22.7 Å². The predicted octanol–water partition coefficient (Wildman–Crippen LogP) is 5.49. The van der Waals surface area contributed by atoms with Gasteiger partial charge in [0.15, 0.2) is 5.84 Å². The third-order valence-corrected chi connectivity index (χ3v) is 5.74. The van der Waals surface area contributed by atoms with E-state index in [1.807, 2.05) is 73.8 Å². The molecule has 4 aromatic rings.